The summed E-state index contributed by atoms with van der Waals surface area (Å²) in [6.07, 6.45) is 1.61. The molecule has 0 aromatic carbocycles. The van der Waals surface area contributed by atoms with Gasteiger partial charge < -0.3 is 10.4 Å². The Bertz CT molecular complexity index is 389. The lowest BCUT2D eigenvalue weighted by molar-refractivity contribution is -0.138. The molecule has 5 nitrogen and oxygen atoms in total. The molecule has 1 unspecified atom stereocenters. The van der Waals surface area contributed by atoms with Crippen LogP contribution in [0.25, 0.3) is 0 Å². The summed E-state index contributed by atoms with van der Waals surface area (Å²) < 4.78 is 0. The maximum atomic E-state index is 11.3. The maximum Gasteiger partial charge on any atom is 0.303 e. The highest BCUT2D eigenvalue weighted by molar-refractivity contribution is 7.11. The van der Waals surface area contributed by atoms with Crippen molar-refractivity contribution in [1.29, 1.82) is 0 Å². The molecule has 0 aliphatic carbocycles. The fourth-order valence-corrected chi connectivity index (χ4v) is 1.94. The minimum Gasteiger partial charge on any atom is -0.481 e. The number of carbonyl (C=O) groups is 2. The van der Waals surface area contributed by atoms with Crippen LogP contribution in [-0.4, -0.2) is 22.0 Å². The monoisotopic (exact) mass is 242 g/mol. The number of aliphatic carboxylic acids is 1. The largest absolute Gasteiger partial charge is 0.481 e. The second-order valence-electron chi connectivity index (χ2n) is 3.49. The smallest absolute Gasteiger partial charge is 0.303 e. The van der Waals surface area contributed by atoms with E-state index in [1.165, 1.54) is 11.3 Å². The number of nitrogens with zero attached hydrogens (tertiary/aromatic N) is 1. The number of hydrogen-bond donors (Lipinski definition) is 2. The highest BCUT2D eigenvalue weighted by Crippen LogP contribution is 2.18. The summed E-state index contributed by atoms with van der Waals surface area (Å²) in [5.41, 5.74) is 0. The van der Waals surface area contributed by atoms with Gasteiger partial charge in [-0.3, -0.25) is 9.59 Å². The van der Waals surface area contributed by atoms with Crippen molar-refractivity contribution in [2.45, 2.75) is 32.7 Å². The molecule has 0 saturated carbocycles. The summed E-state index contributed by atoms with van der Waals surface area (Å²) >= 11 is 1.52. The van der Waals surface area contributed by atoms with E-state index in [-0.39, 0.29) is 24.8 Å². The van der Waals surface area contributed by atoms with Crippen LogP contribution in [0.5, 0.6) is 0 Å². The molecular formula is C10H14N2O3S. The molecule has 0 radical (unpaired) electrons. The van der Waals surface area contributed by atoms with Gasteiger partial charge in [0.15, 0.2) is 0 Å². The highest BCUT2D eigenvalue weighted by atomic mass is 32.1. The number of amides is 1. The van der Waals surface area contributed by atoms with Gasteiger partial charge in [-0.05, 0) is 13.8 Å². The molecule has 2 N–H and O–H groups in total. The van der Waals surface area contributed by atoms with E-state index >= 15 is 0 Å². The molecule has 1 amide bonds. The molecule has 6 heteroatoms. The van der Waals surface area contributed by atoms with Crippen LogP contribution in [0.3, 0.4) is 0 Å². The van der Waals surface area contributed by atoms with Crippen LogP contribution in [0.2, 0.25) is 0 Å². The zero-order chi connectivity index (χ0) is 12.1. The van der Waals surface area contributed by atoms with Crippen LogP contribution in [0.4, 0.5) is 0 Å². The van der Waals surface area contributed by atoms with Crippen molar-refractivity contribution in [3.63, 3.8) is 0 Å². The van der Waals surface area contributed by atoms with Gasteiger partial charge in [0.05, 0.1) is 12.5 Å². The number of carbonyl (C=O) groups excluding carboxylic acids is 1. The molecule has 1 aromatic rings. The third-order valence-electron chi connectivity index (χ3n) is 1.95. The molecule has 16 heavy (non-hydrogen) atoms. The van der Waals surface area contributed by atoms with Crippen molar-refractivity contribution in [1.82, 2.24) is 10.3 Å². The van der Waals surface area contributed by atoms with Crippen molar-refractivity contribution in [3.05, 3.63) is 16.1 Å². The molecule has 0 spiro atoms. The third kappa shape index (κ3) is 3.98. The second-order valence-corrected chi connectivity index (χ2v) is 4.76. The quantitative estimate of drug-likeness (QED) is 0.820. The van der Waals surface area contributed by atoms with Crippen molar-refractivity contribution >= 4 is 23.2 Å². The number of hydrogen-bond acceptors (Lipinski definition) is 4. The van der Waals surface area contributed by atoms with E-state index in [0.29, 0.717) is 0 Å². The molecule has 0 aliphatic rings. The van der Waals surface area contributed by atoms with Gasteiger partial charge in [-0.2, -0.15) is 0 Å². The van der Waals surface area contributed by atoms with Crippen molar-refractivity contribution < 1.29 is 14.7 Å². The Balaban J connectivity index is 2.42. The van der Waals surface area contributed by atoms with Crippen LogP contribution in [0, 0.1) is 6.92 Å². The van der Waals surface area contributed by atoms with Crippen molar-refractivity contribution in [3.8, 4) is 0 Å². The van der Waals surface area contributed by atoms with Gasteiger partial charge in [0.2, 0.25) is 5.91 Å². The summed E-state index contributed by atoms with van der Waals surface area (Å²) in [7, 11) is 0. The van der Waals surface area contributed by atoms with Crippen LogP contribution in [-0.2, 0) is 9.59 Å². The molecular weight excluding hydrogens is 228 g/mol. The molecule has 0 bridgehead atoms. The molecule has 0 aliphatic heterocycles. The average Bonchev–Trinajstić information content (AvgIpc) is 2.62. The first kappa shape index (κ1) is 12.6. The standard InChI is InChI=1S/C10H14N2O3S/c1-6-5-11-10(16-6)7(2)12-8(13)3-4-9(14)15/h5,7H,3-4H2,1-2H3,(H,12,13)(H,14,15). The number of thiazole rings is 1. The van der Waals surface area contributed by atoms with Crippen LogP contribution in [0.1, 0.15) is 35.7 Å². The van der Waals surface area contributed by atoms with E-state index in [9.17, 15) is 9.59 Å². The van der Waals surface area contributed by atoms with Gasteiger partial charge in [0.25, 0.3) is 0 Å². The molecule has 1 atom stereocenters. The van der Waals surface area contributed by atoms with Gasteiger partial charge in [0, 0.05) is 17.5 Å². The number of carboxylic acid groups (broad SMARTS) is 1. The number of carboxylic acids is 1. The first-order chi connectivity index (χ1) is 7.49. The van der Waals surface area contributed by atoms with Gasteiger partial charge in [-0.15, -0.1) is 11.3 Å². The molecule has 0 fully saturated rings. The Morgan fingerprint density at radius 3 is 2.75 bits per heavy atom. The Morgan fingerprint density at radius 1 is 1.56 bits per heavy atom. The minimum absolute atomic E-state index is 0.00400. The van der Waals surface area contributed by atoms with E-state index in [0.717, 1.165) is 9.88 Å². The van der Waals surface area contributed by atoms with Gasteiger partial charge in [-0.1, -0.05) is 0 Å². The predicted molar refractivity (Wildman–Crippen MR) is 60.3 cm³/mol. The summed E-state index contributed by atoms with van der Waals surface area (Å²) in [4.78, 5) is 26.8. The topological polar surface area (TPSA) is 79.3 Å². The predicted octanol–water partition coefficient (Wildman–Crippen LogP) is 1.49. The fraction of sp³-hybridized carbons (Fsp3) is 0.500. The Labute approximate surface area is 97.5 Å². The number of rotatable bonds is 5. The molecule has 1 aromatic heterocycles. The molecule has 0 saturated heterocycles. The first-order valence-electron chi connectivity index (χ1n) is 4.92. The Morgan fingerprint density at radius 2 is 2.25 bits per heavy atom. The highest BCUT2D eigenvalue weighted by Gasteiger charge is 2.13. The second kappa shape index (κ2) is 5.60. The number of aryl methyl sites for hydroxylation is 1. The van der Waals surface area contributed by atoms with E-state index in [1.807, 2.05) is 13.8 Å². The number of nitrogens with one attached hydrogen (secondary N) is 1. The maximum absolute atomic E-state index is 11.3. The lowest BCUT2D eigenvalue weighted by atomic mass is 10.2. The van der Waals surface area contributed by atoms with Gasteiger partial charge in [-0.25, -0.2) is 4.98 Å². The normalized spacial score (nSPS) is 12.1. The molecule has 1 rings (SSSR count). The summed E-state index contributed by atoms with van der Waals surface area (Å²) in [6, 6.07) is -0.167. The van der Waals surface area contributed by atoms with E-state index in [2.05, 4.69) is 10.3 Å². The van der Waals surface area contributed by atoms with Gasteiger partial charge >= 0.3 is 5.97 Å². The lowest BCUT2D eigenvalue weighted by Gasteiger charge is -2.10. The van der Waals surface area contributed by atoms with Crippen molar-refractivity contribution in [2.24, 2.45) is 0 Å². The lowest BCUT2D eigenvalue weighted by Crippen LogP contribution is -2.26. The summed E-state index contributed by atoms with van der Waals surface area (Å²) in [6.45, 7) is 3.77. The van der Waals surface area contributed by atoms with Crippen molar-refractivity contribution in [2.75, 3.05) is 0 Å². The number of aromatic nitrogens is 1. The SMILES string of the molecule is Cc1cnc(C(C)NC(=O)CCC(=O)O)s1. The first-order valence-corrected chi connectivity index (χ1v) is 5.74. The van der Waals surface area contributed by atoms with Gasteiger partial charge in [0.1, 0.15) is 5.01 Å². The third-order valence-corrected chi connectivity index (χ3v) is 3.05. The Kier molecular flexibility index (Phi) is 4.42. The van der Waals surface area contributed by atoms with E-state index < -0.39 is 5.97 Å². The molecule has 1 heterocycles. The summed E-state index contributed by atoms with van der Waals surface area (Å²) in [5.74, 6) is -1.23. The zero-order valence-electron chi connectivity index (χ0n) is 9.19. The average molecular weight is 242 g/mol. The van der Waals surface area contributed by atoms with Crippen LogP contribution < -0.4 is 5.32 Å². The summed E-state index contributed by atoms with van der Waals surface area (Å²) in [5, 5.41) is 12.0. The van der Waals surface area contributed by atoms with Crippen LogP contribution in [0.15, 0.2) is 6.20 Å². The minimum atomic E-state index is -0.965. The fourth-order valence-electron chi connectivity index (χ4n) is 1.17. The van der Waals surface area contributed by atoms with Crippen LogP contribution >= 0.6 is 11.3 Å². The Hall–Kier alpha value is -1.43. The van der Waals surface area contributed by atoms with E-state index in [1.54, 1.807) is 6.20 Å². The zero-order valence-corrected chi connectivity index (χ0v) is 10.0. The molecule has 88 valence electrons. The van der Waals surface area contributed by atoms with E-state index in [4.69, 9.17) is 5.11 Å².